The van der Waals surface area contributed by atoms with Gasteiger partial charge in [0.15, 0.2) is 28.9 Å². The number of nitrogens with one attached hydrogen (secondary N) is 1. The van der Waals surface area contributed by atoms with Gasteiger partial charge in [0.05, 0.1) is 51.1 Å². The summed E-state index contributed by atoms with van der Waals surface area (Å²) in [6, 6.07) is 0. The van der Waals surface area contributed by atoms with Crippen LogP contribution >= 0.6 is 15.6 Å². The normalized spacial score (nSPS) is 36.6. The van der Waals surface area contributed by atoms with Crippen LogP contribution < -0.4 is 17.0 Å². The van der Waals surface area contributed by atoms with Crippen LogP contribution in [0.25, 0.3) is 22.3 Å². The molecule has 3 fully saturated rings. The number of fused-ring (bicyclic) bond motifs is 5. The van der Waals surface area contributed by atoms with E-state index in [1.165, 1.54) is 21.8 Å². The Bertz CT molecular complexity index is 1970. The van der Waals surface area contributed by atoms with Gasteiger partial charge in [-0.2, -0.15) is 4.98 Å². The van der Waals surface area contributed by atoms with Gasteiger partial charge in [-0.05, 0) is 0 Å². The van der Waals surface area contributed by atoms with Gasteiger partial charge in [0.2, 0.25) is 5.95 Å². The average molecular weight is 702 g/mol. The number of phosphoric ester groups is 2. The lowest BCUT2D eigenvalue weighted by Gasteiger charge is -2.26. The molecule has 2 bridgehead atoms. The number of hydrogen-bond donors (Lipinski definition) is 7. The molecule has 0 saturated carbocycles. The number of H-pyrrole nitrogens is 1. The molecule has 10 unspecified atom stereocenters. The van der Waals surface area contributed by atoms with E-state index in [0.29, 0.717) is 0 Å². The second kappa shape index (κ2) is 11.9. The summed E-state index contributed by atoms with van der Waals surface area (Å²) in [5.74, 6) is -2.45. The zero-order valence-corrected chi connectivity index (χ0v) is 25.6. The summed E-state index contributed by atoms with van der Waals surface area (Å²) < 4.78 is 62.9. The van der Waals surface area contributed by atoms with E-state index in [0.717, 1.165) is 6.33 Å². The van der Waals surface area contributed by atoms with E-state index in [9.17, 15) is 33.9 Å². The number of aromatic amines is 1. The SMILES string of the molecule is Nc1nc2c(ncn2C2OC3COP(=O)(O)OC4C(COP(=O)(O)OC2C3CO)OC(n2cnc3c(N)ncnc32)C4CO)c(=O)[nH]1. The second-order valence-corrected chi connectivity index (χ2v) is 13.7. The molecule has 10 atom stereocenters. The Hall–Kier alpha value is -3.44. The molecule has 254 valence electrons. The minimum absolute atomic E-state index is 0.0622. The predicted molar refractivity (Wildman–Crippen MR) is 153 cm³/mol. The lowest BCUT2D eigenvalue weighted by Crippen LogP contribution is -2.34. The number of hydrogen-bond acceptors (Lipinski definition) is 18. The molecular weight excluding hydrogens is 674 g/mol. The Labute approximate surface area is 261 Å². The monoisotopic (exact) mass is 702 g/mol. The van der Waals surface area contributed by atoms with E-state index in [2.05, 4.69) is 29.9 Å². The maximum absolute atomic E-state index is 13.4. The number of phosphoric acid groups is 2. The smallest absolute Gasteiger partial charge is 0.396 e. The third-order valence-corrected chi connectivity index (χ3v) is 10.1. The van der Waals surface area contributed by atoms with Gasteiger partial charge in [0, 0.05) is 5.92 Å². The van der Waals surface area contributed by atoms with Gasteiger partial charge in [0.1, 0.15) is 36.4 Å². The molecule has 0 aromatic carbocycles. The number of aromatic nitrogens is 8. The van der Waals surface area contributed by atoms with Crippen LogP contribution in [0.5, 0.6) is 0 Å². The molecule has 23 nitrogen and oxygen atoms in total. The van der Waals surface area contributed by atoms with E-state index >= 15 is 0 Å². The summed E-state index contributed by atoms with van der Waals surface area (Å²) in [6.45, 7) is -2.84. The van der Waals surface area contributed by atoms with E-state index in [1.807, 2.05) is 0 Å². The average Bonchev–Trinajstić information content (AvgIpc) is 3.78. The van der Waals surface area contributed by atoms with Gasteiger partial charge in [-0.1, -0.05) is 0 Å². The van der Waals surface area contributed by atoms with E-state index in [4.69, 9.17) is 39.0 Å². The Kier molecular flexibility index (Phi) is 8.14. The Balaban J connectivity index is 1.23. The van der Waals surface area contributed by atoms with Crippen LogP contribution in [0.15, 0.2) is 23.8 Å². The standard InChI is InChI=1S/C22H28N10O13P2/c23-16-12-17(26-5-25-16)31(6-27-12)20-9(2-34)14-11(43-20)4-41-47(38,39)45-15-8(1-33)10(3-40-46(36,37)44-14)42-21(15)32-7-28-13-18(32)29-22(24)30-19(13)35/h5-11,14-15,20-21,33-34H,1-4H2,(H,36,37)(H,38,39)(H2,23,25,26)(H3,24,29,30,35). The lowest BCUT2D eigenvalue weighted by atomic mass is 9.99. The highest BCUT2D eigenvalue weighted by Crippen LogP contribution is 2.55. The molecule has 0 spiro atoms. The van der Waals surface area contributed by atoms with Crippen LogP contribution in [-0.4, -0.2) is 110 Å². The molecule has 0 amide bonds. The summed E-state index contributed by atoms with van der Waals surface area (Å²) in [5, 5.41) is 20.6. The highest BCUT2D eigenvalue weighted by Gasteiger charge is 2.54. The van der Waals surface area contributed by atoms with Crippen molar-refractivity contribution in [1.82, 2.24) is 39.0 Å². The van der Waals surface area contributed by atoms with Crippen LogP contribution in [0.3, 0.4) is 0 Å². The van der Waals surface area contributed by atoms with E-state index in [-0.39, 0.29) is 34.1 Å². The topological polar surface area (TPSA) is 330 Å². The second-order valence-electron chi connectivity index (χ2n) is 10.8. The molecule has 4 aromatic rings. The maximum Gasteiger partial charge on any atom is 0.472 e. The van der Waals surface area contributed by atoms with Gasteiger partial charge in [-0.25, -0.2) is 29.1 Å². The van der Waals surface area contributed by atoms with Crippen LogP contribution in [0.4, 0.5) is 11.8 Å². The molecule has 3 saturated heterocycles. The zero-order valence-electron chi connectivity index (χ0n) is 23.8. The molecule has 4 aromatic heterocycles. The number of rotatable bonds is 4. The van der Waals surface area contributed by atoms with Crippen molar-refractivity contribution < 1.29 is 56.7 Å². The lowest BCUT2D eigenvalue weighted by molar-refractivity contribution is -0.0670. The molecule has 0 aliphatic carbocycles. The van der Waals surface area contributed by atoms with Crippen LogP contribution in [-0.2, 0) is 36.7 Å². The van der Waals surface area contributed by atoms with Crippen molar-refractivity contribution in [3.63, 3.8) is 0 Å². The third kappa shape index (κ3) is 5.73. The first-order valence-corrected chi connectivity index (χ1v) is 16.9. The minimum Gasteiger partial charge on any atom is -0.396 e. The molecule has 9 N–H and O–H groups in total. The van der Waals surface area contributed by atoms with Crippen LogP contribution in [0.1, 0.15) is 12.5 Å². The number of nitrogen functional groups attached to an aromatic ring is 2. The van der Waals surface area contributed by atoms with Crippen molar-refractivity contribution in [2.45, 2.75) is 36.9 Å². The molecule has 0 radical (unpaired) electrons. The fourth-order valence-corrected chi connectivity index (χ4v) is 7.91. The Morgan fingerprint density at radius 2 is 1.45 bits per heavy atom. The van der Waals surface area contributed by atoms with Crippen molar-refractivity contribution >= 4 is 49.7 Å². The first-order chi connectivity index (χ1) is 22.4. The molecular formula is C22H28N10O13P2. The van der Waals surface area contributed by atoms with Crippen molar-refractivity contribution in [2.24, 2.45) is 11.8 Å². The van der Waals surface area contributed by atoms with Crippen LogP contribution in [0, 0.1) is 11.8 Å². The number of aliphatic hydroxyl groups excluding tert-OH is 2. The maximum atomic E-state index is 13.4. The number of nitrogens with two attached hydrogens (primary N) is 2. The highest BCUT2D eigenvalue weighted by atomic mass is 31.2. The molecule has 3 aliphatic rings. The van der Waals surface area contributed by atoms with Crippen molar-refractivity contribution in [3.8, 4) is 0 Å². The molecule has 7 rings (SSSR count). The van der Waals surface area contributed by atoms with E-state index in [1.54, 1.807) is 0 Å². The summed E-state index contributed by atoms with van der Waals surface area (Å²) >= 11 is 0. The van der Waals surface area contributed by atoms with Crippen molar-refractivity contribution in [3.05, 3.63) is 29.3 Å². The van der Waals surface area contributed by atoms with Gasteiger partial charge < -0.3 is 40.9 Å². The van der Waals surface area contributed by atoms with Gasteiger partial charge in [-0.15, -0.1) is 0 Å². The van der Waals surface area contributed by atoms with Crippen molar-refractivity contribution in [1.29, 1.82) is 0 Å². The summed E-state index contributed by atoms with van der Waals surface area (Å²) in [6.07, 6.45) is -4.49. The summed E-state index contributed by atoms with van der Waals surface area (Å²) in [4.78, 5) is 56.6. The van der Waals surface area contributed by atoms with Crippen LogP contribution in [0.2, 0.25) is 0 Å². The number of nitrogens with zero attached hydrogens (tertiary/aromatic N) is 7. The Morgan fingerprint density at radius 1 is 0.830 bits per heavy atom. The highest BCUT2D eigenvalue weighted by molar-refractivity contribution is 7.47. The van der Waals surface area contributed by atoms with Gasteiger partial charge in [-0.3, -0.25) is 37.0 Å². The predicted octanol–water partition coefficient (Wildman–Crippen LogP) is -1.85. The quantitative estimate of drug-likeness (QED) is 0.115. The van der Waals surface area contributed by atoms with E-state index < -0.39 is 96.3 Å². The molecule has 25 heteroatoms. The fraction of sp³-hybridized carbons (Fsp3) is 0.545. The Morgan fingerprint density at radius 3 is 2.15 bits per heavy atom. The van der Waals surface area contributed by atoms with Gasteiger partial charge >= 0.3 is 15.6 Å². The first kappa shape index (κ1) is 32.1. The minimum atomic E-state index is -5.07. The number of anilines is 2. The zero-order chi connectivity index (χ0) is 33.2. The number of imidazole rings is 2. The molecule has 47 heavy (non-hydrogen) atoms. The fourth-order valence-electron chi connectivity index (χ4n) is 5.95. The molecule has 7 heterocycles. The summed E-state index contributed by atoms with van der Waals surface area (Å²) in [5.41, 5.74) is 11.1. The number of aliphatic hydroxyl groups is 2. The summed E-state index contributed by atoms with van der Waals surface area (Å²) in [7, 11) is -10.1. The first-order valence-electron chi connectivity index (χ1n) is 13.9. The molecule has 3 aliphatic heterocycles. The van der Waals surface area contributed by atoms with Crippen molar-refractivity contribution in [2.75, 3.05) is 37.9 Å². The largest absolute Gasteiger partial charge is 0.472 e. The van der Waals surface area contributed by atoms with Gasteiger partial charge in [0.25, 0.3) is 5.56 Å². The third-order valence-electron chi connectivity index (χ3n) is 8.09. The number of ether oxygens (including phenoxy) is 2.